The van der Waals surface area contributed by atoms with Crippen molar-refractivity contribution in [2.75, 3.05) is 0 Å². The number of hydrogen-bond acceptors (Lipinski definition) is 5. The largest absolute Gasteiger partial charge is 0.478 e. The van der Waals surface area contributed by atoms with E-state index in [0.717, 1.165) is 12.1 Å². The first-order valence-corrected chi connectivity index (χ1v) is 6.85. The van der Waals surface area contributed by atoms with Gasteiger partial charge in [-0.3, -0.25) is 0 Å². The van der Waals surface area contributed by atoms with E-state index in [-0.39, 0.29) is 28.1 Å². The molecular weight excluding hydrogens is 352 g/mol. The summed E-state index contributed by atoms with van der Waals surface area (Å²) in [5.74, 6) is -5.43. The van der Waals surface area contributed by atoms with Crippen LogP contribution in [-0.2, 0) is 0 Å². The van der Waals surface area contributed by atoms with Crippen molar-refractivity contribution in [3.8, 4) is 0 Å². The quantitative estimate of drug-likeness (QED) is 0.622. The SMILES string of the molecule is CC.O.O=C(O)c1ccc(C(=O)O)cc1.O=C(O)c1ccc(C(=O)O)o1. The molecule has 2 aromatic rings. The molecule has 0 fully saturated rings. The summed E-state index contributed by atoms with van der Waals surface area (Å²) in [6.07, 6.45) is 0. The molecule has 2 rings (SSSR count). The van der Waals surface area contributed by atoms with Crippen LogP contribution in [-0.4, -0.2) is 49.8 Å². The van der Waals surface area contributed by atoms with Gasteiger partial charge in [-0.05, 0) is 36.4 Å². The summed E-state index contributed by atoms with van der Waals surface area (Å²) in [6.45, 7) is 4.00. The van der Waals surface area contributed by atoms with E-state index >= 15 is 0 Å². The van der Waals surface area contributed by atoms with Gasteiger partial charge in [0.25, 0.3) is 0 Å². The van der Waals surface area contributed by atoms with Crippen molar-refractivity contribution in [1.82, 2.24) is 0 Å². The van der Waals surface area contributed by atoms with Gasteiger partial charge >= 0.3 is 23.9 Å². The molecule has 0 bridgehead atoms. The molecule has 1 aromatic heterocycles. The number of aromatic carboxylic acids is 4. The fraction of sp³-hybridized carbons (Fsp3) is 0.125. The number of furan rings is 1. The van der Waals surface area contributed by atoms with E-state index in [0.29, 0.717) is 0 Å². The Morgan fingerprint density at radius 3 is 1.04 bits per heavy atom. The van der Waals surface area contributed by atoms with Crippen molar-refractivity contribution in [1.29, 1.82) is 0 Å². The number of carboxylic acid groups (broad SMARTS) is 4. The molecule has 1 aromatic carbocycles. The monoisotopic (exact) mass is 370 g/mol. The summed E-state index contributed by atoms with van der Waals surface area (Å²) in [6, 6.07) is 7.20. The fourth-order valence-corrected chi connectivity index (χ4v) is 1.32. The zero-order chi connectivity index (χ0) is 19.6. The standard InChI is InChI=1S/C8H6O4.C6H4O5.C2H6.H2O/c9-7(10)5-1-2-6(4-3-5)8(11)12;7-5(8)3-1-2-4(11-3)6(9)10;1-2;/h1-4H,(H,9,10)(H,11,12);1-2H,(H,7,8)(H,9,10);1-2H3;1H2. The highest BCUT2D eigenvalue weighted by Gasteiger charge is 2.12. The van der Waals surface area contributed by atoms with Crippen molar-refractivity contribution in [2.24, 2.45) is 0 Å². The molecule has 6 N–H and O–H groups in total. The molecule has 0 aliphatic heterocycles. The maximum absolute atomic E-state index is 10.3. The fourth-order valence-electron chi connectivity index (χ4n) is 1.32. The first kappa shape index (κ1) is 24.6. The molecule has 0 spiro atoms. The van der Waals surface area contributed by atoms with E-state index in [9.17, 15) is 19.2 Å². The van der Waals surface area contributed by atoms with Gasteiger partial charge in [0.15, 0.2) is 0 Å². The highest BCUT2D eigenvalue weighted by atomic mass is 16.4. The third-order valence-electron chi connectivity index (χ3n) is 2.41. The van der Waals surface area contributed by atoms with E-state index in [4.69, 9.17) is 20.4 Å². The number of carbonyl (C=O) groups is 4. The number of carboxylic acids is 4. The Morgan fingerprint density at radius 2 is 0.885 bits per heavy atom. The molecule has 1 heterocycles. The molecule has 0 amide bonds. The van der Waals surface area contributed by atoms with Crippen LogP contribution in [0.25, 0.3) is 0 Å². The lowest BCUT2D eigenvalue weighted by atomic mass is 10.1. The summed E-state index contributed by atoms with van der Waals surface area (Å²) in [7, 11) is 0. The second-order valence-electron chi connectivity index (χ2n) is 3.96. The first-order valence-electron chi connectivity index (χ1n) is 6.85. The van der Waals surface area contributed by atoms with Crippen LogP contribution in [0.2, 0.25) is 0 Å². The van der Waals surface area contributed by atoms with Crippen LogP contribution >= 0.6 is 0 Å². The van der Waals surface area contributed by atoms with Crippen molar-refractivity contribution < 1.29 is 49.5 Å². The van der Waals surface area contributed by atoms with Gasteiger partial charge in [0.2, 0.25) is 11.5 Å². The molecule has 0 unspecified atom stereocenters. The molecule has 0 saturated carbocycles. The Labute approximate surface area is 147 Å². The smallest absolute Gasteiger partial charge is 0.371 e. The van der Waals surface area contributed by atoms with Crippen molar-refractivity contribution >= 4 is 23.9 Å². The van der Waals surface area contributed by atoms with E-state index in [1.54, 1.807) is 0 Å². The number of hydrogen-bond donors (Lipinski definition) is 4. The Kier molecular flexibility index (Phi) is 11.2. The topological polar surface area (TPSA) is 194 Å². The van der Waals surface area contributed by atoms with Gasteiger partial charge < -0.3 is 30.3 Å². The minimum absolute atomic E-state index is 0. The molecule has 0 aliphatic carbocycles. The average Bonchev–Trinajstić information content (AvgIpc) is 3.08. The molecule has 26 heavy (non-hydrogen) atoms. The van der Waals surface area contributed by atoms with Gasteiger partial charge in [-0.25, -0.2) is 19.2 Å². The minimum Gasteiger partial charge on any atom is -0.478 e. The van der Waals surface area contributed by atoms with Crippen molar-refractivity contribution in [3.63, 3.8) is 0 Å². The van der Waals surface area contributed by atoms with Gasteiger partial charge in [-0.15, -0.1) is 0 Å². The van der Waals surface area contributed by atoms with Gasteiger partial charge in [0, 0.05) is 0 Å². The van der Waals surface area contributed by atoms with Crippen LogP contribution in [0.5, 0.6) is 0 Å². The first-order chi connectivity index (χ1) is 11.7. The summed E-state index contributed by atoms with van der Waals surface area (Å²) in [5.41, 5.74) is 0.167. The Hall–Kier alpha value is -3.66. The maximum Gasteiger partial charge on any atom is 0.371 e. The molecule has 0 radical (unpaired) electrons. The molecule has 10 nitrogen and oxygen atoms in total. The zero-order valence-electron chi connectivity index (χ0n) is 13.8. The summed E-state index contributed by atoms with van der Waals surface area (Å²) < 4.78 is 4.41. The van der Waals surface area contributed by atoms with Crippen LogP contribution in [0.15, 0.2) is 40.8 Å². The minimum atomic E-state index is -1.28. The predicted molar refractivity (Wildman–Crippen MR) is 87.9 cm³/mol. The van der Waals surface area contributed by atoms with E-state index < -0.39 is 23.9 Å². The van der Waals surface area contributed by atoms with Crippen LogP contribution in [0.1, 0.15) is 55.7 Å². The second kappa shape index (κ2) is 11.8. The van der Waals surface area contributed by atoms with E-state index in [1.165, 1.54) is 24.3 Å². The predicted octanol–water partition coefficient (Wildman–Crippen LogP) is 1.96. The van der Waals surface area contributed by atoms with Crippen molar-refractivity contribution in [3.05, 3.63) is 59.0 Å². The maximum atomic E-state index is 10.3. The summed E-state index contributed by atoms with van der Waals surface area (Å²) >= 11 is 0. The molecular formula is C16H18O10. The Balaban J connectivity index is 0. The van der Waals surface area contributed by atoms with E-state index in [1.807, 2.05) is 13.8 Å². The third-order valence-corrected chi connectivity index (χ3v) is 2.41. The Morgan fingerprint density at radius 1 is 0.615 bits per heavy atom. The number of benzene rings is 1. The summed E-state index contributed by atoms with van der Waals surface area (Å²) in [5, 5.41) is 33.5. The second-order valence-corrected chi connectivity index (χ2v) is 3.96. The van der Waals surface area contributed by atoms with E-state index in [2.05, 4.69) is 4.42 Å². The normalized spacial score (nSPS) is 8.54. The Bertz CT molecular complexity index is 681. The molecule has 0 atom stereocenters. The van der Waals surface area contributed by atoms with Crippen LogP contribution < -0.4 is 0 Å². The zero-order valence-corrected chi connectivity index (χ0v) is 13.8. The van der Waals surface area contributed by atoms with Crippen LogP contribution in [0, 0.1) is 0 Å². The molecule has 10 heteroatoms. The van der Waals surface area contributed by atoms with Gasteiger partial charge in [0.1, 0.15) is 0 Å². The van der Waals surface area contributed by atoms with Gasteiger partial charge in [0.05, 0.1) is 11.1 Å². The van der Waals surface area contributed by atoms with Crippen molar-refractivity contribution in [2.45, 2.75) is 13.8 Å². The average molecular weight is 370 g/mol. The van der Waals surface area contributed by atoms with Gasteiger partial charge in [-0.1, -0.05) is 13.8 Å². The van der Waals surface area contributed by atoms with Crippen LogP contribution in [0.4, 0.5) is 0 Å². The number of rotatable bonds is 4. The third kappa shape index (κ3) is 7.75. The van der Waals surface area contributed by atoms with Crippen LogP contribution in [0.3, 0.4) is 0 Å². The lowest BCUT2D eigenvalue weighted by Gasteiger charge is -1.94. The van der Waals surface area contributed by atoms with Gasteiger partial charge in [-0.2, -0.15) is 0 Å². The molecule has 0 saturated heterocycles. The summed E-state index contributed by atoms with van der Waals surface area (Å²) in [4.78, 5) is 41.0. The molecule has 0 aliphatic rings. The molecule has 142 valence electrons. The lowest BCUT2D eigenvalue weighted by molar-refractivity contribution is 0.0627. The lowest BCUT2D eigenvalue weighted by Crippen LogP contribution is -1.99. The highest BCUT2D eigenvalue weighted by molar-refractivity contribution is 5.91. The highest BCUT2D eigenvalue weighted by Crippen LogP contribution is 2.07.